The number of benzene rings is 1. The maximum atomic E-state index is 12.9. The Morgan fingerprint density at radius 1 is 1.46 bits per heavy atom. The highest BCUT2D eigenvalue weighted by atomic mass is 32.2. The number of aryl methyl sites for hydroxylation is 1. The standard InChI is InChI=1S/C10H12FNS/c1-7-6-8(2-3-9(7)11)13-10(12)4-5-10/h2-3,6H,4-5,12H2,1H3. The third-order valence-corrected chi connectivity index (χ3v) is 3.50. The van der Waals surface area contributed by atoms with Crippen LogP contribution >= 0.6 is 11.8 Å². The van der Waals surface area contributed by atoms with Gasteiger partial charge < -0.3 is 5.73 Å². The summed E-state index contributed by atoms with van der Waals surface area (Å²) in [6.45, 7) is 1.77. The Hall–Kier alpha value is -0.540. The van der Waals surface area contributed by atoms with Crippen molar-refractivity contribution in [2.45, 2.75) is 29.5 Å². The fourth-order valence-electron chi connectivity index (χ4n) is 1.14. The van der Waals surface area contributed by atoms with E-state index in [2.05, 4.69) is 0 Å². The molecule has 0 bridgehead atoms. The average molecular weight is 197 g/mol. The van der Waals surface area contributed by atoms with Gasteiger partial charge in [0, 0.05) is 4.90 Å². The van der Waals surface area contributed by atoms with Gasteiger partial charge in [-0.05, 0) is 43.5 Å². The molecule has 1 aliphatic carbocycles. The van der Waals surface area contributed by atoms with E-state index in [1.54, 1.807) is 24.8 Å². The van der Waals surface area contributed by atoms with Gasteiger partial charge in [-0.1, -0.05) is 0 Å². The summed E-state index contributed by atoms with van der Waals surface area (Å²) < 4.78 is 12.9. The van der Waals surface area contributed by atoms with Crippen molar-refractivity contribution in [1.29, 1.82) is 0 Å². The molecule has 1 aromatic rings. The molecule has 70 valence electrons. The number of thioether (sulfide) groups is 1. The van der Waals surface area contributed by atoms with Crippen molar-refractivity contribution < 1.29 is 4.39 Å². The van der Waals surface area contributed by atoms with Crippen molar-refractivity contribution >= 4 is 11.8 Å². The second-order valence-electron chi connectivity index (χ2n) is 3.58. The lowest BCUT2D eigenvalue weighted by Crippen LogP contribution is -2.15. The summed E-state index contributed by atoms with van der Waals surface area (Å²) in [4.78, 5) is 1.00. The first-order valence-electron chi connectivity index (χ1n) is 4.33. The van der Waals surface area contributed by atoms with Crippen LogP contribution in [0.3, 0.4) is 0 Å². The van der Waals surface area contributed by atoms with Crippen LogP contribution in [-0.4, -0.2) is 4.87 Å². The van der Waals surface area contributed by atoms with E-state index in [0.717, 1.165) is 17.7 Å². The molecule has 0 aliphatic heterocycles. The van der Waals surface area contributed by atoms with E-state index in [-0.39, 0.29) is 10.7 Å². The first-order valence-corrected chi connectivity index (χ1v) is 5.15. The molecule has 0 atom stereocenters. The van der Waals surface area contributed by atoms with Crippen LogP contribution in [0.2, 0.25) is 0 Å². The molecule has 0 spiro atoms. The lowest BCUT2D eigenvalue weighted by atomic mass is 10.2. The average Bonchev–Trinajstić information content (AvgIpc) is 2.76. The van der Waals surface area contributed by atoms with E-state index in [4.69, 9.17) is 5.73 Å². The normalized spacial score (nSPS) is 18.7. The second kappa shape index (κ2) is 3.00. The Labute approximate surface area is 81.5 Å². The van der Waals surface area contributed by atoms with Gasteiger partial charge in [0.1, 0.15) is 5.82 Å². The molecule has 2 N–H and O–H groups in total. The molecule has 1 saturated carbocycles. The van der Waals surface area contributed by atoms with Crippen molar-refractivity contribution in [3.8, 4) is 0 Å². The van der Waals surface area contributed by atoms with Crippen molar-refractivity contribution in [3.63, 3.8) is 0 Å². The Morgan fingerprint density at radius 2 is 2.15 bits per heavy atom. The van der Waals surface area contributed by atoms with Crippen molar-refractivity contribution in [1.82, 2.24) is 0 Å². The lowest BCUT2D eigenvalue weighted by Gasteiger charge is -2.08. The maximum Gasteiger partial charge on any atom is 0.126 e. The maximum absolute atomic E-state index is 12.9. The van der Waals surface area contributed by atoms with Gasteiger partial charge in [0.2, 0.25) is 0 Å². The van der Waals surface area contributed by atoms with E-state index >= 15 is 0 Å². The zero-order valence-corrected chi connectivity index (χ0v) is 8.33. The van der Waals surface area contributed by atoms with Gasteiger partial charge >= 0.3 is 0 Å². The summed E-state index contributed by atoms with van der Waals surface area (Å²) in [5, 5.41) is 0. The predicted molar refractivity (Wildman–Crippen MR) is 53.1 cm³/mol. The first-order chi connectivity index (χ1) is 6.09. The highest BCUT2D eigenvalue weighted by molar-refractivity contribution is 8.01. The van der Waals surface area contributed by atoms with Crippen LogP contribution in [0, 0.1) is 12.7 Å². The van der Waals surface area contributed by atoms with E-state index in [9.17, 15) is 4.39 Å². The lowest BCUT2D eigenvalue weighted by molar-refractivity contribution is 0.617. The van der Waals surface area contributed by atoms with E-state index in [0.29, 0.717) is 5.56 Å². The summed E-state index contributed by atoms with van der Waals surface area (Å²) in [6, 6.07) is 5.15. The fraction of sp³-hybridized carbons (Fsp3) is 0.400. The zero-order chi connectivity index (χ0) is 9.47. The quantitative estimate of drug-likeness (QED) is 0.738. The highest BCUT2D eigenvalue weighted by Gasteiger charge is 2.39. The van der Waals surface area contributed by atoms with E-state index in [1.165, 1.54) is 6.07 Å². The molecule has 1 aliphatic rings. The SMILES string of the molecule is Cc1cc(SC2(N)CC2)ccc1F. The molecule has 0 saturated heterocycles. The number of halogens is 1. The third-order valence-electron chi connectivity index (χ3n) is 2.19. The number of nitrogens with two attached hydrogens (primary N) is 1. The van der Waals surface area contributed by atoms with Crippen LogP contribution in [-0.2, 0) is 0 Å². The van der Waals surface area contributed by atoms with Gasteiger partial charge in [0.25, 0.3) is 0 Å². The van der Waals surface area contributed by atoms with Crippen LogP contribution in [0.15, 0.2) is 23.1 Å². The molecule has 13 heavy (non-hydrogen) atoms. The monoisotopic (exact) mass is 197 g/mol. The number of hydrogen-bond donors (Lipinski definition) is 1. The number of hydrogen-bond acceptors (Lipinski definition) is 2. The van der Waals surface area contributed by atoms with Gasteiger partial charge in [-0.25, -0.2) is 4.39 Å². The van der Waals surface area contributed by atoms with Gasteiger partial charge in [-0.3, -0.25) is 0 Å². The van der Waals surface area contributed by atoms with Gasteiger partial charge in [0.05, 0.1) is 4.87 Å². The molecule has 0 aromatic heterocycles. The van der Waals surface area contributed by atoms with Crippen LogP contribution in [0.5, 0.6) is 0 Å². The first kappa shape index (κ1) is 9.03. The minimum atomic E-state index is -0.147. The molecular formula is C10H12FNS. The molecular weight excluding hydrogens is 185 g/mol. The van der Waals surface area contributed by atoms with Gasteiger partial charge in [-0.2, -0.15) is 0 Å². The largest absolute Gasteiger partial charge is 0.317 e. The molecule has 0 heterocycles. The predicted octanol–water partition coefficient (Wildman–Crippen LogP) is 2.68. The van der Waals surface area contributed by atoms with Gasteiger partial charge in [0.15, 0.2) is 0 Å². The second-order valence-corrected chi connectivity index (χ2v) is 5.07. The summed E-state index contributed by atoms with van der Waals surface area (Å²) >= 11 is 1.65. The van der Waals surface area contributed by atoms with Crippen LogP contribution in [0.25, 0.3) is 0 Å². The van der Waals surface area contributed by atoms with Crippen molar-refractivity contribution in [2.24, 2.45) is 5.73 Å². The van der Waals surface area contributed by atoms with Crippen molar-refractivity contribution in [2.75, 3.05) is 0 Å². The molecule has 0 unspecified atom stereocenters. The molecule has 1 nitrogen and oxygen atoms in total. The Morgan fingerprint density at radius 3 is 2.69 bits per heavy atom. The topological polar surface area (TPSA) is 26.0 Å². The summed E-state index contributed by atoms with van der Waals surface area (Å²) in [6.07, 6.45) is 2.13. The Bertz CT molecular complexity index is 334. The third kappa shape index (κ3) is 2.03. The zero-order valence-electron chi connectivity index (χ0n) is 7.51. The van der Waals surface area contributed by atoms with Crippen LogP contribution < -0.4 is 5.73 Å². The fourth-order valence-corrected chi connectivity index (χ4v) is 2.29. The Balaban J connectivity index is 2.17. The molecule has 3 heteroatoms. The number of rotatable bonds is 2. The van der Waals surface area contributed by atoms with Crippen molar-refractivity contribution in [3.05, 3.63) is 29.6 Å². The molecule has 0 radical (unpaired) electrons. The molecule has 2 rings (SSSR count). The minimum absolute atomic E-state index is 0.0652. The minimum Gasteiger partial charge on any atom is -0.317 e. The summed E-state index contributed by atoms with van der Waals surface area (Å²) in [5.74, 6) is -0.147. The van der Waals surface area contributed by atoms with Crippen LogP contribution in [0.4, 0.5) is 4.39 Å². The van der Waals surface area contributed by atoms with Gasteiger partial charge in [-0.15, -0.1) is 11.8 Å². The highest BCUT2D eigenvalue weighted by Crippen LogP contribution is 2.47. The van der Waals surface area contributed by atoms with E-state index in [1.807, 2.05) is 6.07 Å². The summed E-state index contributed by atoms with van der Waals surface area (Å²) in [7, 11) is 0. The smallest absolute Gasteiger partial charge is 0.126 e. The molecule has 1 aromatic carbocycles. The Kier molecular flexibility index (Phi) is 2.08. The summed E-state index contributed by atoms with van der Waals surface area (Å²) in [5.41, 5.74) is 6.63. The van der Waals surface area contributed by atoms with Crippen LogP contribution in [0.1, 0.15) is 18.4 Å². The van der Waals surface area contributed by atoms with E-state index < -0.39 is 0 Å². The molecule has 0 amide bonds. The molecule has 1 fully saturated rings.